The number of ether oxygens (including phenoxy) is 2. The summed E-state index contributed by atoms with van der Waals surface area (Å²) in [6, 6.07) is 15.3. The van der Waals surface area contributed by atoms with Crippen LogP contribution in [-0.4, -0.2) is 67.7 Å². The van der Waals surface area contributed by atoms with E-state index in [1.165, 1.54) is 5.56 Å². The third-order valence-electron chi connectivity index (χ3n) is 5.38. The van der Waals surface area contributed by atoms with Crippen LogP contribution >= 0.6 is 0 Å². The summed E-state index contributed by atoms with van der Waals surface area (Å²) in [6.45, 7) is 10.5. The second-order valence-corrected chi connectivity index (χ2v) is 7.81. The van der Waals surface area contributed by atoms with Crippen LogP contribution in [0.4, 0.5) is 5.69 Å². The molecular weight excluding hydrogens is 378 g/mol. The Labute approximate surface area is 179 Å². The number of carbonyl (C=O) groups is 1. The monoisotopic (exact) mass is 411 g/mol. The highest BCUT2D eigenvalue weighted by Gasteiger charge is 2.19. The molecule has 2 N–H and O–H groups in total. The predicted molar refractivity (Wildman–Crippen MR) is 120 cm³/mol. The van der Waals surface area contributed by atoms with Crippen molar-refractivity contribution in [3.63, 3.8) is 0 Å². The van der Waals surface area contributed by atoms with E-state index < -0.39 is 0 Å². The summed E-state index contributed by atoms with van der Waals surface area (Å²) in [6.07, 6.45) is 1.12. The van der Waals surface area contributed by atoms with Crippen molar-refractivity contribution in [2.45, 2.75) is 26.4 Å². The number of hydrogen-bond donors (Lipinski definition) is 1. The Kier molecular flexibility index (Phi) is 8.11. The molecule has 1 fully saturated rings. The summed E-state index contributed by atoms with van der Waals surface area (Å²) in [4.78, 5) is 16.7. The number of nitrogen functional groups attached to an aromatic ring is 1. The third-order valence-corrected chi connectivity index (χ3v) is 5.38. The Bertz CT molecular complexity index is 784. The lowest BCUT2D eigenvalue weighted by atomic mass is 10.1. The predicted octanol–water partition coefficient (Wildman–Crippen LogP) is 3.07. The van der Waals surface area contributed by atoms with Crippen LogP contribution < -0.4 is 10.5 Å². The first-order valence-corrected chi connectivity index (χ1v) is 10.8. The van der Waals surface area contributed by atoms with Gasteiger partial charge in [-0.25, -0.2) is 4.79 Å². The number of benzene rings is 2. The van der Waals surface area contributed by atoms with E-state index in [0.29, 0.717) is 12.2 Å². The smallest absolute Gasteiger partial charge is 0.338 e. The molecule has 1 unspecified atom stereocenters. The van der Waals surface area contributed by atoms with E-state index in [9.17, 15) is 4.79 Å². The highest BCUT2D eigenvalue weighted by Crippen LogP contribution is 2.16. The lowest BCUT2D eigenvalue weighted by molar-refractivity contribution is 0.0526. The highest BCUT2D eigenvalue weighted by atomic mass is 16.5. The Morgan fingerprint density at radius 2 is 1.63 bits per heavy atom. The van der Waals surface area contributed by atoms with Crippen molar-refractivity contribution in [2.75, 3.05) is 51.6 Å². The minimum Gasteiger partial charge on any atom is -0.489 e. The van der Waals surface area contributed by atoms with E-state index in [0.717, 1.165) is 57.1 Å². The molecule has 162 valence electrons. The molecule has 0 radical (unpaired) electrons. The van der Waals surface area contributed by atoms with Gasteiger partial charge in [-0.1, -0.05) is 12.1 Å². The standard InChI is InChI=1S/C24H33N3O3/c1-3-29-24(28)21-6-4-20(5-7-21)12-13-26-14-16-27(17-15-26)18-19(2)30-23-10-8-22(25)9-11-23/h4-11,19H,3,12-18,25H2,1-2H3. The zero-order valence-corrected chi connectivity index (χ0v) is 18.0. The number of rotatable bonds is 9. The molecule has 1 atom stereocenters. The second kappa shape index (κ2) is 11.0. The number of esters is 1. The lowest BCUT2D eigenvalue weighted by Crippen LogP contribution is -2.49. The molecule has 6 heteroatoms. The highest BCUT2D eigenvalue weighted by molar-refractivity contribution is 5.89. The van der Waals surface area contributed by atoms with Gasteiger partial charge in [0.15, 0.2) is 0 Å². The molecule has 1 saturated heterocycles. The van der Waals surface area contributed by atoms with Crippen LogP contribution in [0.25, 0.3) is 0 Å². The molecule has 0 amide bonds. The van der Waals surface area contributed by atoms with Crippen molar-refractivity contribution in [3.8, 4) is 5.75 Å². The molecule has 1 aliphatic rings. The van der Waals surface area contributed by atoms with Gasteiger partial charge in [0.25, 0.3) is 0 Å². The fraction of sp³-hybridized carbons (Fsp3) is 0.458. The Morgan fingerprint density at radius 3 is 2.27 bits per heavy atom. The first-order valence-electron chi connectivity index (χ1n) is 10.8. The number of nitrogens with two attached hydrogens (primary N) is 1. The van der Waals surface area contributed by atoms with Crippen LogP contribution in [0, 0.1) is 0 Å². The van der Waals surface area contributed by atoms with Crippen LogP contribution in [0.1, 0.15) is 29.8 Å². The quantitative estimate of drug-likeness (QED) is 0.505. The summed E-state index contributed by atoms with van der Waals surface area (Å²) >= 11 is 0. The van der Waals surface area contributed by atoms with Gasteiger partial charge in [0.2, 0.25) is 0 Å². The maximum absolute atomic E-state index is 11.7. The molecule has 0 aromatic heterocycles. The van der Waals surface area contributed by atoms with E-state index in [2.05, 4.69) is 16.7 Å². The SMILES string of the molecule is CCOC(=O)c1ccc(CCN2CCN(CC(C)Oc3ccc(N)cc3)CC2)cc1. The molecule has 1 aliphatic heterocycles. The van der Waals surface area contributed by atoms with Gasteiger partial charge in [-0.05, 0) is 62.2 Å². The van der Waals surface area contributed by atoms with Crippen molar-refractivity contribution >= 4 is 11.7 Å². The van der Waals surface area contributed by atoms with E-state index in [-0.39, 0.29) is 12.1 Å². The van der Waals surface area contributed by atoms with Gasteiger partial charge in [0.1, 0.15) is 11.9 Å². The number of anilines is 1. The Morgan fingerprint density at radius 1 is 1.00 bits per heavy atom. The minimum atomic E-state index is -0.255. The van der Waals surface area contributed by atoms with Gasteiger partial charge < -0.3 is 20.1 Å². The molecule has 0 saturated carbocycles. The number of carbonyl (C=O) groups excluding carboxylic acids is 1. The van der Waals surface area contributed by atoms with Crippen LogP contribution in [0.15, 0.2) is 48.5 Å². The zero-order valence-electron chi connectivity index (χ0n) is 18.0. The van der Waals surface area contributed by atoms with Gasteiger partial charge in [0, 0.05) is 45.0 Å². The maximum atomic E-state index is 11.7. The van der Waals surface area contributed by atoms with Crippen molar-refractivity contribution in [3.05, 3.63) is 59.7 Å². The summed E-state index contributed by atoms with van der Waals surface area (Å²) < 4.78 is 11.0. The zero-order chi connectivity index (χ0) is 21.3. The summed E-state index contributed by atoms with van der Waals surface area (Å²) in [5, 5.41) is 0. The topological polar surface area (TPSA) is 68.0 Å². The molecule has 3 rings (SSSR count). The minimum absolute atomic E-state index is 0.137. The van der Waals surface area contributed by atoms with Gasteiger partial charge >= 0.3 is 5.97 Å². The molecule has 2 aromatic rings. The molecular formula is C24H33N3O3. The molecule has 2 aromatic carbocycles. The molecule has 30 heavy (non-hydrogen) atoms. The van der Waals surface area contributed by atoms with E-state index >= 15 is 0 Å². The Balaban J connectivity index is 1.36. The number of hydrogen-bond acceptors (Lipinski definition) is 6. The first-order chi connectivity index (χ1) is 14.5. The van der Waals surface area contributed by atoms with Crippen LogP contribution in [0.2, 0.25) is 0 Å². The van der Waals surface area contributed by atoms with E-state index in [1.807, 2.05) is 55.5 Å². The lowest BCUT2D eigenvalue weighted by Gasteiger charge is -2.35. The summed E-state index contributed by atoms with van der Waals surface area (Å²) in [7, 11) is 0. The Hall–Kier alpha value is -2.57. The molecule has 1 heterocycles. The fourth-order valence-electron chi connectivity index (χ4n) is 3.68. The largest absolute Gasteiger partial charge is 0.489 e. The van der Waals surface area contributed by atoms with Crippen molar-refractivity contribution in [1.29, 1.82) is 0 Å². The summed E-state index contributed by atoms with van der Waals surface area (Å²) in [5.41, 5.74) is 8.34. The number of piperazine rings is 1. The van der Waals surface area contributed by atoms with Crippen molar-refractivity contribution in [2.24, 2.45) is 0 Å². The van der Waals surface area contributed by atoms with Gasteiger partial charge in [0.05, 0.1) is 12.2 Å². The van der Waals surface area contributed by atoms with E-state index in [1.54, 1.807) is 0 Å². The maximum Gasteiger partial charge on any atom is 0.338 e. The fourth-order valence-corrected chi connectivity index (χ4v) is 3.68. The molecule has 0 spiro atoms. The molecule has 6 nitrogen and oxygen atoms in total. The molecule has 0 aliphatic carbocycles. The van der Waals surface area contributed by atoms with Crippen molar-refractivity contribution in [1.82, 2.24) is 9.80 Å². The van der Waals surface area contributed by atoms with Crippen LogP contribution in [0.3, 0.4) is 0 Å². The van der Waals surface area contributed by atoms with Gasteiger partial charge in [-0.3, -0.25) is 4.90 Å². The normalized spacial score (nSPS) is 16.2. The van der Waals surface area contributed by atoms with Crippen LogP contribution in [-0.2, 0) is 11.2 Å². The average molecular weight is 412 g/mol. The first kappa shape index (κ1) is 22.1. The third kappa shape index (κ3) is 6.75. The van der Waals surface area contributed by atoms with Crippen molar-refractivity contribution < 1.29 is 14.3 Å². The van der Waals surface area contributed by atoms with Gasteiger partial charge in [-0.2, -0.15) is 0 Å². The van der Waals surface area contributed by atoms with Gasteiger partial charge in [-0.15, -0.1) is 0 Å². The average Bonchev–Trinajstić information content (AvgIpc) is 2.75. The van der Waals surface area contributed by atoms with E-state index in [4.69, 9.17) is 15.2 Å². The second-order valence-electron chi connectivity index (χ2n) is 7.81. The summed E-state index contributed by atoms with van der Waals surface area (Å²) in [5.74, 6) is 0.610. The number of nitrogens with zero attached hydrogens (tertiary/aromatic N) is 2. The van der Waals surface area contributed by atoms with Crippen LogP contribution in [0.5, 0.6) is 5.75 Å². The molecule has 0 bridgehead atoms.